The lowest BCUT2D eigenvalue weighted by Gasteiger charge is -2.17. The summed E-state index contributed by atoms with van der Waals surface area (Å²) in [6, 6.07) is 12.6. The Morgan fingerprint density at radius 3 is 2.50 bits per heavy atom. The summed E-state index contributed by atoms with van der Waals surface area (Å²) in [6.45, 7) is 1.75. The van der Waals surface area contributed by atoms with Crippen molar-refractivity contribution in [2.75, 3.05) is 12.4 Å². The molecule has 0 saturated heterocycles. The fourth-order valence-electron chi connectivity index (χ4n) is 2.84. The number of ether oxygens (including phenoxy) is 1. The molecule has 2 aromatic carbocycles. The molecule has 0 bridgehead atoms. The van der Waals surface area contributed by atoms with E-state index in [4.69, 9.17) is 4.74 Å². The summed E-state index contributed by atoms with van der Waals surface area (Å²) in [5.41, 5.74) is -0.0878. The molecule has 1 aromatic heterocycles. The van der Waals surface area contributed by atoms with Crippen LogP contribution >= 0.6 is 0 Å². The number of amides is 1. The molecule has 0 radical (unpaired) electrons. The highest BCUT2D eigenvalue weighted by Gasteiger charge is 2.23. The number of benzene rings is 2. The van der Waals surface area contributed by atoms with E-state index in [1.165, 1.54) is 0 Å². The predicted molar refractivity (Wildman–Crippen MR) is 99.8 cm³/mol. The number of hydrogen-bond acceptors (Lipinski definition) is 4. The zero-order valence-electron chi connectivity index (χ0n) is 14.5. The minimum Gasteiger partial charge on any atom is -0.497 e. The summed E-state index contributed by atoms with van der Waals surface area (Å²) in [4.78, 5) is 40.5. The minimum absolute atomic E-state index is 0.295. The molecule has 1 atom stereocenters. The second-order valence-electron chi connectivity index (χ2n) is 5.79. The number of methoxy groups -OCH3 is 1. The topological polar surface area (TPSA) is 93.2 Å². The van der Waals surface area contributed by atoms with Gasteiger partial charge in [-0.15, -0.1) is 0 Å². The quantitative estimate of drug-likeness (QED) is 0.736. The maximum atomic E-state index is 12.7. The number of nitrogens with zero attached hydrogens (tertiary/aromatic N) is 1. The van der Waals surface area contributed by atoms with Gasteiger partial charge in [-0.2, -0.15) is 0 Å². The van der Waals surface area contributed by atoms with Crippen molar-refractivity contribution in [2.24, 2.45) is 0 Å². The number of H-pyrrole nitrogens is 1. The summed E-state index contributed by atoms with van der Waals surface area (Å²) < 4.78 is 6.05. The molecule has 1 heterocycles. The van der Waals surface area contributed by atoms with Crippen LogP contribution in [-0.4, -0.2) is 22.6 Å². The standard InChI is InChI=1S/C19H19N3O4/c1-3-16(17(23)20-12-8-10-13(26-2)11-9-12)22-18(24)14-6-4-5-7-15(14)21-19(22)25/h4-11,16H,3H2,1-2H3,(H,20,23)(H,21,25). The van der Waals surface area contributed by atoms with Gasteiger partial charge in [-0.05, 0) is 42.8 Å². The molecule has 2 N–H and O–H groups in total. The predicted octanol–water partition coefficient (Wildman–Crippen LogP) is 2.29. The average Bonchev–Trinajstić information content (AvgIpc) is 2.65. The zero-order chi connectivity index (χ0) is 18.7. The van der Waals surface area contributed by atoms with Crippen LogP contribution in [0.15, 0.2) is 58.1 Å². The van der Waals surface area contributed by atoms with Crippen LogP contribution < -0.4 is 21.3 Å². The van der Waals surface area contributed by atoms with Crippen LogP contribution in [0.4, 0.5) is 5.69 Å². The molecule has 0 aliphatic rings. The Bertz CT molecular complexity index is 1050. The normalized spacial score (nSPS) is 11.9. The van der Waals surface area contributed by atoms with E-state index in [2.05, 4.69) is 10.3 Å². The van der Waals surface area contributed by atoms with Crippen LogP contribution in [0, 0.1) is 0 Å². The number of fused-ring (bicyclic) bond motifs is 1. The molecular weight excluding hydrogens is 334 g/mol. The maximum Gasteiger partial charge on any atom is 0.329 e. The summed E-state index contributed by atoms with van der Waals surface area (Å²) in [5.74, 6) is 0.234. The average molecular weight is 353 g/mol. The second kappa shape index (κ2) is 7.26. The SMILES string of the molecule is CCC(C(=O)Nc1ccc(OC)cc1)n1c(=O)[nH]c2ccccc2c1=O. The smallest absolute Gasteiger partial charge is 0.329 e. The molecule has 0 spiro atoms. The van der Waals surface area contributed by atoms with Crippen LogP contribution in [0.1, 0.15) is 19.4 Å². The van der Waals surface area contributed by atoms with Crippen LogP contribution in [0.2, 0.25) is 0 Å². The number of carbonyl (C=O) groups is 1. The van der Waals surface area contributed by atoms with Gasteiger partial charge in [-0.25, -0.2) is 9.36 Å². The van der Waals surface area contributed by atoms with E-state index in [-0.39, 0.29) is 0 Å². The number of nitrogens with one attached hydrogen (secondary N) is 2. The van der Waals surface area contributed by atoms with Crippen molar-refractivity contribution in [3.8, 4) is 5.75 Å². The van der Waals surface area contributed by atoms with Crippen molar-refractivity contribution in [1.29, 1.82) is 0 Å². The lowest BCUT2D eigenvalue weighted by molar-refractivity contribution is -0.119. The third-order valence-corrected chi connectivity index (χ3v) is 4.20. The van der Waals surface area contributed by atoms with Gasteiger partial charge >= 0.3 is 5.69 Å². The van der Waals surface area contributed by atoms with E-state index < -0.39 is 23.2 Å². The highest BCUT2D eigenvalue weighted by atomic mass is 16.5. The number of carbonyl (C=O) groups excluding carboxylic acids is 1. The summed E-state index contributed by atoms with van der Waals surface area (Å²) in [5, 5.41) is 3.10. The highest BCUT2D eigenvalue weighted by molar-refractivity contribution is 5.94. The summed E-state index contributed by atoms with van der Waals surface area (Å²) >= 11 is 0. The Labute approximate surface area is 149 Å². The third-order valence-electron chi connectivity index (χ3n) is 4.20. The molecule has 0 aliphatic carbocycles. The number of hydrogen-bond donors (Lipinski definition) is 2. The third kappa shape index (κ3) is 3.23. The fraction of sp³-hybridized carbons (Fsp3) is 0.211. The van der Waals surface area contributed by atoms with Crippen LogP contribution in [0.5, 0.6) is 5.75 Å². The van der Waals surface area contributed by atoms with Crippen molar-refractivity contribution in [2.45, 2.75) is 19.4 Å². The lowest BCUT2D eigenvalue weighted by Crippen LogP contribution is -2.42. The van der Waals surface area contributed by atoms with E-state index >= 15 is 0 Å². The van der Waals surface area contributed by atoms with Crippen LogP contribution in [0.25, 0.3) is 10.9 Å². The molecule has 0 fully saturated rings. The Hall–Kier alpha value is -3.35. The van der Waals surface area contributed by atoms with Crippen LogP contribution in [-0.2, 0) is 4.79 Å². The zero-order valence-corrected chi connectivity index (χ0v) is 14.5. The van der Waals surface area contributed by atoms with Crippen molar-refractivity contribution >= 4 is 22.5 Å². The van der Waals surface area contributed by atoms with Crippen molar-refractivity contribution in [1.82, 2.24) is 9.55 Å². The first kappa shape index (κ1) is 17.5. The fourth-order valence-corrected chi connectivity index (χ4v) is 2.84. The van der Waals surface area contributed by atoms with E-state index in [9.17, 15) is 14.4 Å². The second-order valence-corrected chi connectivity index (χ2v) is 5.79. The Kier molecular flexibility index (Phi) is 4.88. The van der Waals surface area contributed by atoms with E-state index in [0.717, 1.165) is 4.57 Å². The van der Waals surface area contributed by atoms with Gasteiger partial charge in [-0.1, -0.05) is 19.1 Å². The first-order valence-corrected chi connectivity index (χ1v) is 8.23. The lowest BCUT2D eigenvalue weighted by atomic mass is 10.1. The maximum absolute atomic E-state index is 12.7. The molecule has 134 valence electrons. The monoisotopic (exact) mass is 353 g/mol. The Morgan fingerprint density at radius 2 is 1.85 bits per heavy atom. The first-order chi connectivity index (χ1) is 12.5. The van der Waals surface area contributed by atoms with Gasteiger partial charge in [0.05, 0.1) is 18.0 Å². The van der Waals surface area contributed by atoms with Crippen molar-refractivity contribution in [3.05, 3.63) is 69.4 Å². The number of rotatable bonds is 5. The van der Waals surface area contributed by atoms with Gasteiger partial charge in [0.15, 0.2) is 0 Å². The van der Waals surface area contributed by atoms with Gasteiger partial charge in [0, 0.05) is 5.69 Å². The van der Waals surface area contributed by atoms with E-state index in [0.29, 0.717) is 28.8 Å². The first-order valence-electron chi connectivity index (χ1n) is 8.23. The molecule has 7 nitrogen and oxygen atoms in total. The number of anilines is 1. The molecular formula is C19H19N3O4. The van der Waals surface area contributed by atoms with Gasteiger partial charge in [0.2, 0.25) is 5.91 Å². The van der Waals surface area contributed by atoms with E-state index in [1.54, 1.807) is 62.6 Å². The molecule has 26 heavy (non-hydrogen) atoms. The Morgan fingerprint density at radius 1 is 1.15 bits per heavy atom. The van der Waals surface area contributed by atoms with Crippen molar-refractivity contribution < 1.29 is 9.53 Å². The number of aromatic amines is 1. The van der Waals surface area contributed by atoms with Gasteiger partial charge < -0.3 is 15.0 Å². The summed E-state index contributed by atoms with van der Waals surface area (Å²) in [7, 11) is 1.55. The molecule has 3 rings (SSSR count). The molecule has 1 unspecified atom stereocenters. The summed E-state index contributed by atoms with van der Waals surface area (Å²) in [6.07, 6.45) is 0.295. The largest absolute Gasteiger partial charge is 0.497 e. The molecule has 0 aliphatic heterocycles. The molecule has 3 aromatic rings. The van der Waals surface area contributed by atoms with E-state index in [1.807, 2.05) is 0 Å². The molecule has 0 saturated carbocycles. The number of para-hydroxylation sites is 1. The van der Waals surface area contributed by atoms with Gasteiger partial charge in [0.1, 0.15) is 11.8 Å². The van der Waals surface area contributed by atoms with Gasteiger partial charge in [0.25, 0.3) is 5.56 Å². The molecule has 7 heteroatoms. The number of aromatic nitrogens is 2. The van der Waals surface area contributed by atoms with Gasteiger partial charge in [-0.3, -0.25) is 9.59 Å². The Balaban J connectivity index is 1.97. The highest BCUT2D eigenvalue weighted by Crippen LogP contribution is 2.17. The minimum atomic E-state index is -0.919. The molecule has 1 amide bonds. The van der Waals surface area contributed by atoms with Crippen molar-refractivity contribution in [3.63, 3.8) is 0 Å². The van der Waals surface area contributed by atoms with Crippen LogP contribution in [0.3, 0.4) is 0 Å².